The molecule has 0 saturated carbocycles. The number of hydrogen-bond acceptors (Lipinski definition) is 3. The number of aromatic nitrogens is 1. The zero-order valence-corrected chi connectivity index (χ0v) is 11.8. The zero-order valence-electron chi connectivity index (χ0n) is 11.0. The molecule has 19 heavy (non-hydrogen) atoms. The van der Waals surface area contributed by atoms with E-state index in [1.165, 1.54) is 6.20 Å². The fourth-order valence-electron chi connectivity index (χ4n) is 2.03. The molecule has 2 rings (SSSR count). The van der Waals surface area contributed by atoms with Gasteiger partial charge in [0.05, 0.1) is 11.7 Å². The van der Waals surface area contributed by atoms with Crippen LogP contribution in [0.4, 0.5) is 0 Å². The summed E-state index contributed by atoms with van der Waals surface area (Å²) in [6.45, 7) is 3.95. The van der Waals surface area contributed by atoms with Crippen molar-refractivity contribution < 1.29 is 9.53 Å². The van der Waals surface area contributed by atoms with Crippen molar-refractivity contribution in [3.8, 4) is 0 Å². The highest BCUT2D eigenvalue weighted by Crippen LogP contribution is 2.25. The molecule has 1 unspecified atom stereocenters. The number of esters is 1. The fourth-order valence-corrected chi connectivity index (χ4v) is 2.25. The van der Waals surface area contributed by atoms with E-state index in [0.29, 0.717) is 10.7 Å². The SMILES string of the molecule is CCCC(C)OC(=O)c1cnc(Cl)c2ccccc12. The number of benzene rings is 1. The summed E-state index contributed by atoms with van der Waals surface area (Å²) in [7, 11) is 0. The number of pyridine rings is 1. The van der Waals surface area contributed by atoms with Gasteiger partial charge in [-0.1, -0.05) is 49.2 Å². The minimum absolute atomic E-state index is 0.0908. The molecule has 0 aliphatic carbocycles. The summed E-state index contributed by atoms with van der Waals surface area (Å²) in [5.74, 6) is -0.346. The van der Waals surface area contributed by atoms with Gasteiger partial charge >= 0.3 is 5.97 Å². The van der Waals surface area contributed by atoms with Gasteiger partial charge in [-0.05, 0) is 13.3 Å². The van der Waals surface area contributed by atoms with Crippen molar-refractivity contribution in [3.63, 3.8) is 0 Å². The first-order valence-electron chi connectivity index (χ1n) is 6.37. The molecule has 2 aromatic rings. The van der Waals surface area contributed by atoms with Gasteiger partial charge in [0.15, 0.2) is 0 Å². The van der Waals surface area contributed by atoms with Gasteiger partial charge in [0.25, 0.3) is 0 Å². The molecule has 0 amide bonds. The first kappa shape index (κ1) is 13.8. The molecule has 0 saturated heterocycles. The standard InChI is InChI=1S/C15H16ClNO2/c1-3-6-10(2)19-15(18)13-9-17-14(16)12-8-5-4-7-11(12)13/h4-5,7-10H,3,6H2,1-2H3. The molecule has 0 radical (unpaired) electrons. The number of carbonyl (C=O) groups is 1. The third-order valence-electron chi connectivity index (χ3n) is 2.97. The second kappa shape index (κ2) is 6.02. The maximum absolute atomic E-state index is 12.1. The van der Waals surface area contributed by atoms with Crippen LogP contribution in [0.5, 0.6) is 0 Å². The van der Waals surface area contributed by atoms with E-state index in [4.69, 9.17) is 16.3 Å². The number of carbonyl (C=O) groups excluding carboxylic acids is 1. The number of fused-ring (bicyclic) bond motifs is 1. The number of nitrogens with zero attached hydrogens (tertiary/aromatic N) is 1. The predicted molar refractivity (Wildman–Crippen MR) is 76.5 cm³/mol. The molecular weight excluding hydrogens is 262 g/mol. The van der Waals surface area contributed by atoms with Crippen LogP contribution >= 0.6 is 11.6 Å². The summed E-state index contributed by atoms with van der Waals surface area (Å²) in [6.07, 6.45) is 3.22. The van der Waals surface area contributed by atoms with Crippen LogP contribution in [0.2, 0.25) is 5.15 Å². The van der Waals surface area contributed by atoms with Gasteiger partial charge in [0.1, 0.15) is 5.15 Å². The van der Waals surface area contributed by atoms with Gasteiger partial charge in [-0.2, -0.15) is 0 Å². The van der Waals surface area contributed by atoms with E-state index in [1.807, 2.05) is 31.2 Å². The Kier molecular flexibility index (Phi) is 4.38. The Labute approximate surface area is 117 Å². The van der Waals surface area contributed by atoms with Gasteiger partial charge in [-0.25, -0.2) is 9.78 Å². The molecule has 1 aromatic heterocycles. The highest BCUT2D eigenvalue weighted by Gasteiger charge is 2.16. The molecule has 1 aromatic carbocycles. The second-order valence-corrected chi connectivity index (χ2v) is 4.87. The number of hydrogen-bond donors (Lipinski definition) is 0. The van der Waals surface area contributed by atoms with E-state index < -0.39 is 0 Å². The Hall–Kier alpha value is -1.61. The van der Waals surface area contributed by atoms with E-state index in [1.54, 1.807) is 0 Å². The highest BCUT2D eigenvalue weighted by molar-refractivity contribution is 6.34. The van der Waals surface area contributed by atoms with Crippen molar-refractivity contribution >= 4 is 28.3 Å². The maximum Gasteiger partial charge on any atom is 0.340 e. The molecular formula is C15H16ClNO2. The summed E-state index contributed by atoms with van der Waals surface area (Å²) < 4.78 is 5.40. The molecule has 0 spiro atoms. The monoisotopic (exact) mass is 277 g/mol. The third-order valence-corrected chi connectivity index (χ3v) is 3.27. The molecule has 0 aliphatic heterocycles. The molecule has 1 heterocycles. The van der Waals surface area contributed by atoms with E-state index >= 15 is 0 Å². The lowest BCUT2D eigenvalue weighted by atomic mass is 10.1. The largest absolute Gasteiger partial charge is 0.459 e. The smallest absolute Gasteiger partial charge is 0.340 e. The first-order valence-corrected chi connectivity index (χ1v) is 6.75. The number of rotatable bonds is 4. The lowest BCUT2D eigenvalue weighted by molar-refractivity contribution is 0.0325. The molecule has 0 fully saturated rings. The van der Waals surface area contributed by atoms with Gasteiger partial charge in [0.2, 0.25) is 0 Å². The van der Waals surface area contributed by atoms with E-state index in [0.717, 1.165) is 23.6 Å². The number of ether oxygens (including phenoxy) is 1. The average Bonchev–Trinajstić information content (AvgIpc) is 2.39. The van der Waals surface area contributed by atoms with Crippen molar-refractivity contribution in [1.82, 2.24) is 4.98 Å². The minimum Gasteiger partial charge on any atom is -0.459 e. The summed E-state index contributed by atoms with van der Waals surface area (Å²) in [5.41, 5.74) is 0.461. The van der Waals surface area contributed by atoms with Crippen LogP contribution in [-0.2, 0) is 4.74 Å². The lowest BCUT2D eigenvalue weighted by Gasteiger charge is -2.13. The first-order chi connectivity index (χ1) is 9.13. The Balaban J connectivity index is 2.35. The Bertz CT molecular complexity index is 598. The van der Waals surface area contributed by atoms with Crippen LogP contribution in [0.15, 0.2) is 30.5 Å². The van der Waals surface area contributed by atoms with Crippen molar-refractivity contribution in [1.29, 1.82) is 0 Å². The van der Waals surface area contributed by atoms with Gasteiger partial charge in [0, 0.05) is 17.0 Å². The zero-order chi connectivity index (χ0) is 13.8. The molecule has 4 heteroatoms. The summed E-state index contributed by atoms with van der Waals surface area (Å²) >= 11 is 6.03. The normalized spacial score (nSPS) is 12.4. The van der Waals surface area contributed by atoms with E-state index in [-0.39, 0.29) is 12.1 Å². The Morgan fingerprint density at radius 1 is 1.37 bits per heavy atom. The van der Waals surface area contributed by atoms with Crippen LogP contribution < -0.4 is 0 Å². The molecule has 0 N–H and O–H groups in total. The van der Waals surface area contributed by atoms with Crippen molar-refractivity contribution in [2.45, 2.75) is 32.8 Å². The summed E-state index contributed by atoms with van der Waals surface area (Å²) in [6, 6.07) is 7.43. The maximum atomic E-state index is 12.1. The Morgan fingerprint density at radius 2 is 2.05 bits per heavy atom. The van der Waals surface area contributed by atoms with Crippen LogP contribution in [0.3, 0.4) is 0 Å². The molecule has 0 aliphatic rings. The molecule has 3 nitrogen and oxygen atoms in total. The van der Waals surface area contributed by atoms with Crippen LogP contribution in [-0.4, -0.2) is 17.1 Å². The Morgan fingerprint density at radius 3 is 2.74 bits per heavy atom. The van der Waals surface area contributed by atoms with Gasteiger partial charge in [-0.3, -0.25) is 0 Å². The topological polar surface area (TPSA) is 39.2 Å². The number of halogens is 1. The fraction of sp³-hybridized carbons (Fsp3) is 0.333. The second-order valence-electron chi connectivity index (χ2n) is 4.51. The minimum atomic E-state index is -0.346. The van der Waals surface area contributed by atoms with Crippen LogP contribution in [0.1, 0.15) is 37.0 Å². The highest BCUT2D eigenvalue weighted by atomic mass is 35.5. The van der Waals surface area contributed by atoms with E-state index in [2.05, 4.69) is 11.9 Å². The predicted octanol–water partition coefficient (Wildman–Crippen LogP) is 4.23. The van der Waals surface area contributed by atoms with Crippen LogP contribution in [0.25, 0.3) is 10.8 Å². The summed E-state index contributed by atoms with van der Waals surface area (Å²) in [5, 5.41) is 1.94. The van der Waals surface area contributed by atoms with Crippen molar-refractivity contribution in [2.24, 2.45) is 0 Å². The molecule has 100 valence electrons. The molecule has 1 atom stereocenters. The van der Waals surface area contributed by atoms with E-state index in [9.17, 15) is 4.79 Å². The van der Waals surface area contributed by atoms with Crippen molar-refractivity contribution in [3.05, 3.63) is 41.2 Å². The van der Waals surface area contributed by atoms with Gasteiger partial charge in [-0.15, -0.1) is 0 Å². The molecule has 0 bridgehead atoms. The summed E-state index contributed by atoms with van der Waals surface area (Å²) in [4.78, 5) is 16.2. The van der Waals surface area contributed by atoms with Crippen molar-refractivity contribution in [2.75, 3.05) is 0 Å². The van der Waals surface area contributed by atoms with Crippen LogP contribution in [0, 0.1) is 0 Å². The lowest BCUT2D eigenvalue weighted by Crippen LogP contribution is -2.15. The third kappa shape index (κ3) is 3.04. The van der Waals surface area contributed by atoms with Gasteiger partial charge < -0.3 is 4.74 Å². The average molecular weight is 278 g/mol. The quantitative estimate of drug-likeness (QED) is 0.620.